The van der Waals surface area contributed by atoms with Crippen molar-refractivity contribution < 1.29 is 13.7 Å². The number of aromatic amines is 1. The lowest BCUT2D eigenvalue weighted by molar-refractivity contribution is 0.0904. The highest BCUT2D eigenvalue weighted by Crippen LogP contribution is 2.22. The molecule has 1 atom stereocenters. The second-order valence-electron chi connectivity index (χ2n) is 5.85. The van der Waals surface area contributed by atoms with Crippen molar-refractivity contribution >= 4 is 16.9 Å². The SMILES string of the molecule is C[C@H](NC(=O)c1ccco1)c1nc(-c2ccc3c(c2)[nH]c(=O)n3C)no1. The van der Waals surface area contributed by atoms with E-state index in [1.807, 2.05) is 0 Å². The molecular formula is C17H15N5O4. The number of nitrogens with zero attached hydrogens (tertiary/aromatic N) is 3. The molecule has 0 saturated heterocycles. The van der Waals surface area contributed by atoms with Crippen LogP contribution in [0.1, 0.15) is 29.4 Å². The maximum atomic E-state index is 12.0. The smallest absolute Gasteiger partial charge is 0.326 e. The average molecular weight is 353 g/mol. The lowest BCUT2D eigenvalue weighted by Gasteiger charge is -2.07. The Bertz CT molecular complexity index is 1140. The number of carbonyl (C=O) groups is 1. The predicted octanol–water partition coefficient (Wildman–Crippen LogP) is 2.00. The molecule has 9 nitrogen and oxygen atoms in total. The third kappa shape index (κ3) is 2.69. The van der Waals surface area contributed by atoms with Gasteiger partial charge in [0, 0.05) is 12.6 Å². The van der Waals surface area contributed by atoms with E-state index in [9.17, 15) is 9.59 Å². The average Bonchev–Trinajstić information content (AvgIpc) is 3.36. The number of amides is 1. The molecule has 3 heterocycles. The molecule has 0 saturated carbocycles. The van der Waals surface area contributed by atoms with Gasteiger partial charge in [-0.1, -0.05) is 5.16 Å². The van der Waals surface area contributed by atoms with Crippen molar-refractivity contribution in [3.8, 4) is 11.4 Å². The second-order valence-corrected chi connectivity index (χ2v) is 5.85. The van der Waals surface area contributed by atoms with Crippen LogP contribution in [0.15, 0.2) is 50.3 Å². The molecule has 3 aromatic heterocycles. The Labute approximate surface area is 146 Å². The summed E-state index contributed by atoms with van der Waals surface area (Å²) in [5.41, 5.74) is 1.96. The number of H-pyrrole nitrogens is 1. The minimum Gasteiger partial charge on any atom is -0.459 e. The first-order chi connectivity index (χ1) is 12.5. The molecule has 26 heavy (non-hydrogen) atoms. The number of fused-ring (bicyclic) bond motifs is 1. The fourth-order valence-corrected chi connectivity index (χ4v) is 2.64. The first-order valence-corrected chi connectivity index (χ1v) is 7.90. The number of hydrogen-bond acceptors (Lipinski definition) is 6. The summed E-state index contributed by atoms with van der Waals surface area (Å²) in [6.45, 7) is 1.73. The van der Waals surface area contributed by atoms with E-state index in [0.717, 1.165) is 5.52 Å². The van der Waals surface area contributed by atoms with Crippen molar-refractivity contribution in [2.45, 2.75) is 13.0 Å². The molecule has 0 spiro atoms. The molecule has 9 heteroatoms. The highest BCUT2D eigenvalue weighted by molar-refractivity contribution is 5.91. The van der Waals surface area contributed by atoms with Gasteiger partial charge in [0.2, 0.25) is 11.7 Å². The summed E-state index contributed by atoms with van der Waals surface area (Å²) < 4.78 is 11.8. The van der Waals surface area contributed by atoms with Crippen LogP contribution in [0.4, 0.5) is 0 Å². The minimum absolute atomic E-state index is 0.194. The third-order valence-corrected chi connectivity index (χ3v) is 4.07. The van der Waals surface area contributed by atoms with Gasteiger partial charge in [-0.2, -0.15) is 4.98 Å². The Balaban J connectivity index is 1.57. The molecule has 0 radical (unpaired) electrons. The molecular weight excluding hydrogens is 338 g/mol. The zero-order valence-electron chi connectivity index (χ0n) is 14.0. The van der Waals surface area contributed by atoms with Gasteiger partial charge in [0.25, 0.3) is 5.91 Å². The number of aromatic nitrogens is 4. The zero-order chi connectivity index (χ0) is 18.3. The van der Waals surface area contributed by atoms with Crippen LogP contribution >= 0.6 is 0 Å². The van der Waals surface area contributed by atoms with Crippen molar-refractivity contribution in [3.05, 3.63) is 58.7 Å². The predicted molar refractivity (Wildman–Crippen MR) is 91.4 cm³/mol. The van der Waals surface area contributed by atoms with Crippen molar-refractivity contribution in [2.24, 2.45) is 7.05 Å². The lowest BCUT2D eigenvalue weighted by Crippen LogP contribution is -2.26. The van der Waals surface area contributed by atoms with E-state index in [1.54, 1.807) is 44.3 Å². The number of nitrogens with one attached hydrogen (secondary N) is 2. The Morgan fingerprint density at radius 1 is 1.35 bits per heavy atom. The zero-order valence-corrected chi connectivity index (χ0v) is 14.0. The largest absolute Gasteiger partial charge is 0.459 e. The summed E-state index contributed by atoms with van der Waals surface area (Å²) in [7, 11) is 1.69. The van der Waals surface area contributed by atoms with Crippen LogP contribution in [0.2, 0.25) is 0 Å². The second kappa shape index (κ2) is 6.03. The summed E-state index contributed by atoms with van der Waals surface area (Å²) in [6.07, 6.45) is 1.43. The van der Waals surface area contributed by atoms with Crippen LogP contribution in [-0.2, 0) is 7.05 Å². The van der Waals surface area contributed by atoms with E-state index in [4.69, 9.17) is 8.94 Å². The number of carbonyl (C=O) groups excluding carboxylic acids is 1. The third-order valence-electron chi connectivity index (χ3n) is 4.07. The molecule has 132 valence electrons. The number of furan rings is 1. The highest BCUT2D eigenvalue weighted by Gasteiger charge is 2.19. The summed E-state index contributed by atoms with van der Waals surface area (Å²) in [5, 5.41) is 6.68. The fourth-order valence-electron chi connectivity index (χ4n) is 2.64. The van der Waals surface area contributed by atoms with Crippen molar-refractivity contribution in [1.82, 2.24) is 25.0 Å². The normalized spacial score (nSPS) is 12.4. The molecule has 0 aliphatic carbocycles. The minimum atomic E-state index is -0.492. The monoisotopic (exact) mass is 353 g/mol. The summed E-state index contributed by atoms with van der Waals surface area (Å²) in [6, 6.07) is 8.09. The number of aryl methyl sites for hydroxylation is 1. The first kappa shape index (κ1) is 15.9. The number of hydrogen-bond donors (Lipinski definition) is 2. The van der Waals surface area contributed by atoms with Gasteiger partial charge in [-0.15, -0.1) is 0 Å². The number of imidazole rings is 1. The summed E-state index contributed by atoms with van der Waals surface area (Å²) >= 11 is 0. The van der Waals surface area contributed by atoms with E-state index in [-0.39, 0.29) is 23.2 Å². The van der Waals surface area contributed by atoms with Crippen molar-refractivity contribution in [2.75, 3.05) is 0 Å². The molecule has 0 unspecified atom stereocenters. The van der Waals surface area contributed by atoms with Gasteiger partial charge in [0.15, 0.2) is 5.76 Å². The van der Waals surface area contributed by atoms with E-state index in [0.29, 0.717) is 16.9 Å². The molecule has 0 bridgehead atoms. The van der Waals surface area contributed by atoms with Crippen molar-refractivity contribution in [3.63, 3.8) is 0 Å². The van der Waals surface area contributed by atoms with Crippen molar-refractivity contribution in [1.29, 1.82) is 0 Å². The van der Waals surface area contributed by atoms with Gasteiger partial charge < -0.3 is 19.2 Å². The van der Waals surface area contributed by atoms with Gasteiger partial charge in [-0.3, -0.25) is 9.36 Å². The van der Waals surface area contributed by atoms with Crippen LogP contribution < -0.4 is 11.0 Å². The summed E-state index contributed by atoms with van der Waals surface area (Å²) in [5.74, 6) is 0.466. The first-order valence-electron chi connectivity index (χ1n) is 7.90. The van der Waals surface area contributed by atoms with Gasteiger partial charge in [0.05, 0.1) is 17.3 Å². The number of benzene rings is 1. The molecule has 4 aromatic rings. The quantitative estimate of drug-likeness (QED) is 0.579. The maximum absolute atomic E-state index is 12.0. The van der Waals surface area contributed by atoms with E-state index in [1.165, 1.54) is 10.8 Å². The maximum Gasteiger partial charge on any atom is 0.326 e. The van der Waals surface area contributed by atoms with E-state index < -0.39 is 6.04 Å². The Kier molecular flexibility index (Phi) is 3.68. The van der Waals surface area contributed by atoms with Gasteiger partial charge >= 0.3 is 5.69 Å². The molecule has 1 amide bonds. The molecule has 4 rings (SSSR count). The lowest BCUT2D eigenvalue weighted by atomic mass is 10.2. The number of rotatable bonds is 4. The molecule has 0 fully saturated rings. The standard InChI is InChI=1S/C17H15N5O4/c1-9(18-15(23)13-4-3-7-25-13)16-20-14(21-26-16)10-5-6-12-11(8-10)19-17(24)22(12)2/h3-9H,1-2H3,(H,18,23)(H,19,24)/t9-/m0/s1. The van der Waals surface area contributed by atoms with Crippen LogP contribution in [0.5, 0.6) is 0 Å². The Morgan fingerprint density at radius 3 is 2.96 bits per heavy atom. The van der Waals surface area contributed by atoms with E-state index >= 15 is 0 Å². The van der Waals surface area contributed by atoms with Gasteiger partial charge in [0.1, 0.15) is 6.04 Å². The Hall–Kier alpha value is -3.62. The molecule has 0 aliphatic heterocycles. The van der Waals surface area contributed by atoms with Gasteiger partial charge in [-0.05, 0) is 37.3 Å². The highest BCUT2D eigenvalue weighted by atomic mass is 16.5. The topological polar surface area (TPSA) is 119 Å². The molecule has 1 aromatic carbocycles. The fraction of sp³-hybridized carbons (Fsp3) is 0.176. The van der Waals surface area contributed by atoms with Gasteiger partial charge in [-0.25, -0.2) is 4.79 Å². The Morgan fingerprint density at radius 2 is 2.19 bits per heavy atom. The van der Waals surface area contributed by atoms with Crippen LogP contribution in [-0.4, -0.2) is 25.6 Å². The van der Waals surface area contributed by atoms with E-state index in [2.05, 4.69) is 20.4 Å². The van der Waals surface area contributed by atoms with Crippen LogP contribution in [0.25, 0.3) is 22.4 Å². The summed E-state index contributed by atoms with van der Waals surface area (Å²) in [4.78, 5) is 30.8. The molecule has 2 N–H and O–H groups in total. The molecule has 0 aliphatic rings. The van der Waals surface area contributed by atoms with Crippen LogP contribution in [0, 0.1) is 0 Å². The van der Waals surface area contributed by atoms with Crippen LogP contribution in [0.3, 0.4) is 0 Å².